The van der Waals surface area contributed by atoms with Crippen LogP contribution >= 0.6 is 0 Å². The van der Waals surface area contributed by atoms with Gasteiger partial charge in [0.15, 0.2) is 0 Å². The number of carbonyl (C=O) groups is 1. The van der Waals surface area contributed by atoms with Gasteiger partial charge in [-0.2, -0.15) is 0 Å². The summed E-state index contributed by atoms with van der Waals surface area (Å²) in [6.07, 6.45) is 2.49. The summed E-state index contributed by atoms with van der Waals surface area (Å²) < 4.78 is 13.5. The van der Waals surface area contributed by atoms with Gasteiger partial charge in [-0.25, -0.2) is 4.39 Å². The maximum atomic E-state index is 13.5. The molecule has 0 saturated carbocycles. The Balaban J connectivity index is 1.90. The van der Waals surface area contributed by atoms with Gasteiger partial charge in [0, 0.05) is 14.1 Å². The first-order valence-electron chi connectivity index (χ1n) is 8.32. The molecule has 2 aromatic rings. The molecule has 0 aliphatic carbocycles. The molecule has 0 bridgehead atoms. The maximum absolute atomic E-state index is 13.5. The van der Waals surface area contributed by atoms with Crippen molar-refractivity contribution in [3.05, 3.63) is 59.9 Å². The summed E-state index contributed by atoms with van der Waals surface area (Å²) in [4.78, 5) is 14.3. The van der Waals surface area contributed by atoms with Gasteiger partial charge in [0.25, 0.3) is 0 Å². The Morgan fingerprint density at radius 3 is 2.50 bits per heavy atom. The number of hydrogen-bond acceptors (Lipinski definition) is 2. The van der Waals surface area contributed by atoms with E-state index in [0.29, 0.717) is 6.42 Å². The molecule has 1 aliphatic rings. The predicted molar refractivity (Wildman–Crippen MR) is 94.2 cm³/mol. The minimum Gasteiger partial charge on any atom is -0.347 e. The van der Waals surface area contributed by atoms with E-state index < -0.39 is 5.54 Å². The molecule has 126 valence electrons. The SMILES string of the molecule is CN(C)C(=O)C1(Cc2cccc(-c3cccc(F)c3)c2)CCCN1. The molecule has 2 aromatic carbocycles. The highest BCUT2D eigenvalue weighted by atomic mass is 19.1. The predicted octanol–water partition coefficient (Wildman–Crippen LogP) is 3.25. The Morgan fingerprint density at radius 2 is 1.88 bits per heavy atom. The quantitative estimate of drug-likeness (QED) is 0.935. The summed E-state index contributed by atoms with van der Waals surface area (Å²) in [5.74, 6) is -0.120. The van der Waals surface area contributed by atoms with Crippen molar-refractivity contribution in [2.75, 3.05) is 20.6 Å². The summed E-state index contributed by atoms with van der Waals surface area (Å²) in [7, 11) is 3.60. The molecule has 1 fully saturated rings. The van der Waals surface area contributed by atoms with Crippen LogP contribution in [0.3, 0.4) is 0 Å². The average molecular weight is 326 g/mol. The second-order valence-electron chi connectivity index (χ2n) is 6.70. The summed E-state index contributed by atoms with van der Waals surface area (Å²) >= 11 is 0. The molecule has 1 unspecified atom stereocenters. The van der Waals surface area contributed by atoms with Crippen LogP contribution in [0.25, 0.3) is 11.1 Å². The molecular weight excluding hydrogens is 303 g/mol. The van der Waals surface area contributed by atoms with E-state index in [4.69, 9.17) is 0 Å². The number of amides is 1. The number of hydrogen-bond donors (Lipinski definition) is 1. The molecule has 0 aromatic heterocycles. The molecule has 0 spiro atoms. The highest BCUT2D eigenvalue weighted by Crippen LogP contribution is 2.28. The third-order valence-corrected chi connectivity index (χ3v) is 4.65. The van der Waals surface area contributed by atoms with Crippen molar-refractivity contribution in [3.8, 4) is 11.1 Å². The molecule has 1 atom stereocenters. The van der Waals surface area contributed by atoms with Crippen molar-refractivity contribution in [1.29, 1.82) is 0 Å². The maximum Gasteiger partial charge on any atom is 0.242 e. The van der Waals surface area contributed by atoms with E-state index in [-0.39, 0.29) is 11.7 Å². The van der Waals surface area contributed by atoms with Crippen molar-refractivity contribution in [2.45, 2.75) is 24.8 Å². The lowest BCUT2D eigenvalue weighted by Crippen LogP contribution is -2.54. The van der Waals surface area contributed by atoms with E-state index in [2.05, 4.69) is 11.4 Å². The third-order valence-electron chi connectivity index (χ3n) is 4.65. The largest absolute Gasteiger partial charge is 0.347 e. The molecule has 0 radical (unpaired) electrons. The number of nitrogens with zero attached hydrogens (tertiary/aromatic N) is 1. The lowest BCUT2D eigenvalue weighted by Gasteiger charge is -2.31. The molecule has 4 heteroatoms. The van der Waals surface area contributed by atoms with Crippen molar-refractivity contribution < 1.29 is 9.18 Å². The zero-order valence-electron chi connectivity index (χ0n) is 14.2. The first-order chi connectivity index (χ1) is 11.5. The summed E-state index contributed by atoms with van der Waals surface area (Å²) in [6, 6.07) is 14.6. The number of nitrogens with one attached hydrogen (secondary N) is 1. The Kier molecular flexibility index (Phi) is 4.67. The van der Waals surface area contributed by atoms with Crippen LogP contribution in [0.4, 0.5) is 4.39 Å². The lowest BCUT2D eigenvalue weighted by molar-refractivity contribution is -0.135. The summed E-state index contributed by atoms with van der Waals surface area (Å²) in [6.45, 7) is 0.864. The van der Waals surface area contributed by atoms with E-state index in [9.17, 15) is 9.18 Å². The van der Waals surface area contributed by atoms with Crippen molar-refractivity contribution in [3.63, 3.8) is 0 Å². The first kappa shape index (κ1) is 16.7. The van der Waals surface area contributed by atoms with Gasteiger partial charge in [-0.05, 0) is 54.6 Å². The fraction of sp³-hybridized carbons (Fsp3) is 0.350. The van der Waals surface area contributed by atoms with Gasteiger partial charge >= 0.3 is 0 Å². The minimum atomic E-state index is -0.524. The van der Waals surface area contributed by atoms with Gasteiger partial charge in [-0.15, -0.1) is 0 Å². The van der Waals surface area contributed by atoms with Crippen LogP contribution in [0, 0.1) is 5.82 Å². The normalized spacial score (nSPS) is 20.1. The van der Waals surface area contributed by atoms with Crippen LogP contribution in [-0.4, -0.2) is 37.0 Å². The highest BCUT2D eigenvalue weighted by Gasteiger charge is 2.41. The number of rotatable bonds is 4. The van der Waals surface area contributed by atoms with Crippen molar-refractivity contribution in [2.24, 2.45) is 0 Å². The smallest absolute Gasteiger partial charge is 0.242 e. The topological polar surface area (TPSA) is 32.3 Å². The number of likely N-dealkylation sites (N-methyl/N-ethyl adjacent to an activating group) is 1. The lowest BCUT2D eigenvalue weighted by atomic mass is 9.87. The molecule has 24 heavy (non-hydrogen) atoms. The molecule has 3 nitrogen and oxygen atoms in total. The van der Waals surface area contributed by atoms with Crippen LogP contribution in [0.5, 0.6) is 0 Å². The number of benzene rings is 2. The van der Waals surface area contributed by atoms with E-state index in [1.54, 1.807) is 25.1 Å². The van der Waals surface area contributed by atoms with Crippen LogP contribution in [0.1, 0.15) is 18.4 Å². The zero-order chi connectivity index (χ0) is 17.2. The van der Waals surface area contributed by atoms with Crippen molar-refractivity contribution in [1.82, 2.24) is 10.2 Å². The third kappa shape index (κ3) is 3.34. The number of carbonyl (C=O) groups excluding carboxylic acids is 1. The molecule has 3 rings (SSSR count). The van der Waals surface area contributed by atoms with Crippen LogP contribution in [-0.2, 0) is 11.2 Å². The van der Waals surface area contributed by atoms with Gasteiger partial charge in [0.2, 0.25) is 5.91 Å². The molecule has 1 N–H and O–H groups in total. The van der Waals surface area contributed by atoms with E-state index in [1.807, 2.05) is 24.3 Å². The van der Waals surface area contributed by atoms with Gasteiger partial charge < -0.3 is 10.2 Å². The van der Waals surface area contributed by atoms with Gasteiger partial charge in [-0.3, -0.25) is 4.79 Å². The van der Waals surface area contributed by atoms with E-state index >= 15 is 0 Å². The van der Waals surface area contributed by atoms with Gasteiger partial charge in [0.05, 0.1) is 0 Å². The molecule has 1 aliphatic heterocycles. The summed E-state index contributed by atoms with van der Waals surface area (Å²) in [5.41, 5.74) is 2.38. The molecule has 1 heterocycles. The van der Waals surface area contributed by atoms with Gasteiger partial charge in [0.1, 0.15) is 11.4 Å². The van der Waals surface area contributed by atoms with Crippen molar-refractivity contribution >= 4 is 5.91 Å². The first-order valence-corrected chi connectivity index (χ1v) is 8.32. The Hall–Kier alpha value is -2.20. The van der Waals surface area contributed by atoms with E-state index in [1.165, 1.54) is 12.1 Å². The molecule has 1 amide bonds. The Labute approximate surface area is 142 Å². The fourth-order valence-electron chi connectivity index (χ4n) is 3.52. The molecule has 1 saturated heterocycles. The monoisotopic (exact) mass is 326 g/mol. The van der Waals surface area contributed by atoms with Crippen LogP contribution in [0.2, 0.25) is 0 Å². The van der Waals surface area contributed by atoms with E-state index in [0.717, 1.165) is 36.1 Å². The average Bonchev–Trinajstić information content (AvgIpc) is 3.04. The second kappa shape index (κ2) is 6.73. The Bertz CT molecular complexity index is 736. The number of halogens is 1. The van der Waals surface area contributed by atoms with Gasteiger partial charge in [-0.1, -0.05) is 36.4 Å². The zero-order valence-corrected chi connectivity index (χ0v) is 14.2. The second-order valence-corrected chi connectivity index (χ2v) is 6.70. The standard InChI is InChI=1S/C20H23FN2O/c1-23(2)19(24)20(10-5-11-22-20)14-15-6-3-7-16(12-15)17-8-4-9-18(21)13-17/h3-4,6-9,12-13,22H,5,10-11,14H2,1-2H3. The molecular formula is C20H23FN2O. The summed E-state index contributed by atoms with van der Waals surface area (Å²) in [5, 5.41) is 3.42. The van der Waals surface area contributed by atoms with Crippen LogP contribution in [0.15, 0.2) is 48.5 Å². The highest BCUT2D eigenvalue weighted by molar-refractivity contribution is 5.86. The minimum absolute atomic E-state index is 0.121. The fourth-order valence-corrected chi connectivity index (χ4v) is 3.52. The van der Waals surface area contributed by atoms with Crippen LogP contribution < -0.4 is 5.32 Å². The Morgan fingerprint density at radius 1 is 1.17 bits per heavy atom.